The second-order valence-electron chi connectivity index (χ2n) is 8.56. The van der Waals surface area contributed by atoms with E-state index >= 15 is 0 Å². The third-order valence-electron chi connectivity index (χ3n) is 5.83. The van der Waals surface area contributed by atoms with E-state index in [9.17, 15) is 14.0 Å². The number of carbonyl (C=O) groups is 2. The minimum Gasteiger partial charge on any atom is -0.378 e. The molecule has 2 aromatic rings. The highest BCUT2D eigenvalue weighted by Crippen LogP contribution is 2.21. The van der Waals surface area contributed by atoms with Crippen LogP contribution in [-0.2, 0) is 16.1 Å². The summed E-state index contributed by atoms with van der Waals surface area (Å²) < 4.78 is 18.3. The molecule has 33 heavy (non-hydrogen) atoms. The Morgan fingerprint density at radius 2 is 1.73 bits per heavy atom. The van der Waals surface area contributed by atoms with E-state index in [2.05, 4.69) is 10.6 Å². The first kappa shape index (κ1) is 24.5. The molecule has 0 aliphatic carbocycles. The average Bonchev–Trinajstić information content (AvgIpc) is 2.81. The molecule has 0 aromatic heterocycles. The van der Waals surface area contributed by atoms with Crippen molar-refractivity contribution in [1.82, 2.24) is 10.2 Å². The number of anilines is 2. The van der Waals surface area contributed by atoms with Gasteiger partial charge in [0.2, 0.25) is 5.91 Å². The van der Waals surface area contributed by atoms with Crippen LogP contribution in [0.3, 0.4) is 0 Å². The van der Waals surface area contributed by atoms with Crippen LogP contribution in [0.2, 0.25) is 0 Å². The second kappa shape index (κ2) is 12.2. The lowest BCUT2D eigenvalue weighted by molar-refractivity contribution is -0.126. The minimum atomic E-state index is -0.294. The molecule has 0 atom stereocenters. The van der Waals surface area contributed by atoms with Crippen LogP contribution in [-0.4, -0.2) is 57.2 Å². The number of carbonyl (C=O) groups excluding carboxylic acids is 2. The maximum Gasteiger partial charge on any atom is 0.321 e. The lowest BCUT2D eigenvalue weighted by Crippen LogP contribution is -2.41. The Morgan fingerprint density at radius 3 is 2.36 bits per heavy atom. The van der Waals surface area contributed by atoms with Crippen LogP contribution in [0.4, 0.5) is 20.6 Å². The lowest BCUT2D eigenvalue weighted by atomic mass is 9.94. The van der Waals surface area contributed by atoms with Crippen LogP contribution in [0.25, 0.3) is 0 Å². The molecule has 3 amide bonds. The van der Waals surface area contributed by atoms with Crippen molar-refractivity contribution < 1.29 is 18.7 Å². The minimum absolute atomic E-state index is 0.0223. The highest BCUT2D eigenvalue weighted by Gasteiger charge is 2.22. The second-order valence-corrected chi connectivity index (χ2v) is 8.56. The van der Waals surface area contributed by atoms with Gasteiger partial charge >= 0.3 is 6.03 Å². The number of halogens is 1. The molecule has 0 bridgehead atoms. The Balaban J connectivity index is 1.28. The van der Waals surface area contributed by atoms with E-state index in [1.54, 1.807) is 12.1 Å². The van der Waals surface area contributed by atoms with Crippen molar-refractivity contribution in [3.05, 3.63) is 59.9 Å². The summed E-state index contributed by atoms with van der Waals surface area (Å²) in [4.78, 5) is 28.3. The summed E-state index contributed by atoms with van der Waals surface area (Å²) in [5.41, 5.74) is 2.70. The molecule has 0 radical (unpaired) electrons. The van der Waals surface area contributed by atoms with Gasteiger partial charge in [-0.3, -0.25) is 4.79 Å². The highest BCUT2D eigenvalue weighted by molar-refractivity contribution is 5.89. The van der Waals surface area contributed by atoms with Gasteiger partial charge in [-0.05, 0) is 67.1 Å². The standard InChI is InChI=1S/C25H33FN4O3/c1-29(2)23-9-7-22(8-10-23)28-25(32)30-15-12-19(13-16-30)11-14-27-24(31)18-33-17-20-3-5-21(26)6-4-20/h3-10,19H,11-18H2,1-2H3,(H,27,31)(H,28,32). The first-order valence-electron chi connectivity index (χ1n) is 11.3. The fourth-order valence-corrected chi connectivity index (χ4v) is 3.78. The van der Waals surface area contributed by atoms with Gasteiger partial charge in [0.25, 0.3) is 0 Å². The number of nitrogens with zero attached hydrogens (tertiary/aromatic N) is 2. The molecule has 2 aromatic carbocycles. The van der Waals surface area contributed by atoms with Gasteiger partial charge < -0.3 is 25.2 Å². The van der Waals surface area contributed by atoms with E-state index in [1.165, 1.54) is 12.1 Å². The predicted octanol–water partition coefficient (Wildman–Crippen LogP) is 3.86. The topological polar surface area (TPSA) is 73.9 Å². The van der Waals surface area contributed by atoms with Crippen molar-refractivity contribution >= 4 is 23.3 Å². The summed E-state index contributed by atoms with van der Waals surface area (Å²) in [7, 11) is 3.96. The molecule has 1 fully saturated rings. The van der Waals surface area contributed by atoms with Crippen LogP contribution in [0, 0.1) is 11.7 Å². The third-order valence-corrected chi connectivity index (χ3v) is 5.83. The molecule has 3 rings (SSSR count). The lowest BCUT2D eigenvalue weighted by Gasteiger charge is -2.32. The summed E-state index contributed by atoms with van der Waals surface area (Å²) in [5.74, 6) is 0.0286. The van der Waals surface area contributed by atoms with Crippen LogP contribution in [0.15, 0.2) is 48.5 Å². The zero-order valence-corrected chi connectivity index (χ0v) is 19.4. The molecule has 0 saturated carbocycles. The molecule has 0 unspecified atom stereocenters. The van der Waals surface area contributed by atoms with Crippen molar-refractivity contribution in [1.29, 1.82) is 0 Å². The van der Waals surface area contributed by atoms with Crippen molar-refractivity contribution in [3.8, 4) is 0 Å². The van der Waals surface area contributed by atoms with Crippen molar-refractivity contribution in [2.45, 2.75) is 25.9 Å². The number of hydrogen-bond acceptors (Lipinski definition) is 4. The van der Waals surface area contributed by atoms with Gasteiger partial charge in [0.1, 0.15) is 12.4 Å². The van der Waals surface area contributed by atoms with Crippen molar-refractivity contribution in [2.24, 2.45) is 5.92 Å². The van der Waals surface area contributed by atoms with Crippen molar-refractivity contribution in [3.63, 3.8) is 0 Å². The first-order chi connectivity index (χ1) is 15.9. The summed E-state index contributed by atoms with van der Waals surface area (Å²) >= 11 is 0. The number of amides is 3. The van der Waals surface area contributed by atoms with E-state index in [4.69, 9.17) is 4.74 Å². The molecule has 8 heteroatoms. The Hall–Kier alpha value is -3.13. The molecule has 1 saturated heterocycles. The zero-order valence-electron chi connectivity index (χ0n) is 19.4. The van der Waals surface area contributed by atoms with Crippen molar-refractivity contribution in [2.75, 3.05) is 50.6 Å². The predicted molar refractivity (Wildman–Crippen MR) is 128 cm³/mol. The molecule has 7 nitrogen and oxygen atoms in total. The molecule has 1 aliphatic rings. The fraction of sp³-hybridized carbons (Fsp3) is 0.440. The van der Waals surface area contributed by atoms with Gasteiger partial charge in [-0.15, -0.1) is 0 Å². The van der Waals surface area contributed by atoms with Crippen LogP contribution in [0.1, 0.15) is 24.8 Å². The van der Waals surface area contributed by atoms with E-state index < -0.39 is 0 Å². The maximum atomic E-state index is 12.9. The van der Waals surface area contributed by atoms with Crippen LogP contribution in [0.5, 0.6) is 0 Å². The third kappa shape index (κ3) is 8.05. The fourth-order valence-electron chi connectivity index (χ4n) is 3.78. The smallest absolute Gasteiger partial charge is 0.321 e. The number of piperidine rings is 1. The molecular weight excluding hydrogens is 423 g/mol. The monoisotopic (exact) mass is 456 g/mol. The Bertz CT molecular complexity index is 895. The molecule has 0 spiro atoms. The average molecular weight is 457 g/mol. The molecular formula is C25H33FN4O3. The SMILES string of the molecule is CN(C)c1ccc(NC(=O)N2CCC(CCNC(=O)COCc3ccc(F)cc3)CC2)cc1. The quantitative estimate of drug-likeness (QED) is 0.601. The number of ether oxygens (including phenoxy) is 1. The van der Waals surface area contributed by atoms with Gasteiger partial charge in [0.05, 0.1) is 6.61 Å². The number of benzene rings is 2. The number of rotatable bonds is 9. The molecule has 2 N–H and O–H groups in total. The first-order valence-corrected chi connectivity index (χ1v) is 11.3. The Labute approximate surface area is 194 Å². The van der Waals surface area contributed by atoms with Gasteiger partial charge in [0.15, 0.2) is 0 Å². The Kier molecular flexibility index (Phi) is 9.06. The molecule has 1 heterocycles. The number of hydrogen-bond donors (Lipinski definition) is 2. The summed E-state index contributed by atoms with van der Waals surface area (Å²) in [5, 5.41) is 5.85. The van der Waals surface area contributed by atoms with E-state index in [1.807, 2.05) is 48.2 Å². The maximum absolute atomic E-state index is 12.9. The number of likely N-dealkylation sites (tertiary alicyclic amines) is 1. The zero-order chi connectivity index (χ0) is 23.6. The highest BCUT2D eigenvalue weighted by atomic mass is 19.1. The summed E-state index contributed by atoms with van der Waals surface area (Å²) in [6.07, 6.45) is 2.72. The van der Waals surface area contributed by atoms with E-state index in [0.717, 1.165) is 36.2 Å². The van der Waals surface area contributed by atoms with Gasteiger partial charge in [-0.25, -0.2) is 9.18 Å². The van der Waals surface area contributed by atoms with Gasteiger partial charge in [-0.2, -0.15) is 0 Å². The normalized spacial score (nSPS) is 14.1. The summed E-state index contributed by atoms with van der Waals surface area (Å²) in [6.45, 7) is 2.26. The van der Waals surface area contributed by atoms with Crippen LogP contribution < -0.4 is 15.5 Å². The Morgan fingerprint density at radius 1 is 1.06 bits per heavy atom. The largest absolute Gasteiger partial charge is 0.378 e. The van der Waals surface area contributed by atoms with E-state index in [0.29, 0.717) is 25.6 Å². The van der Waals surface area contributed by atoms with Crippen LogP contribution >= 0.6 is 0 Å². The van der Waals surface area contributed by atoms with E-state index in [-0.39, 0.29) is 31.0 Å². The molecule has 1 aliphatic heterocycles. The van der Waals surface area contributed by atoms with Gasteiger partial charge in [-0.1, -0.05) is 12.1 Å². The summed E-state index contributed by atoms with van der Waals surface area (Å²) in [6, 6.07) is 13.7. The van der Waals surface area contributed by atoms with Gasteiger partial charge in [0, 0.05) is 45.1 Å². The molecule has 178 valence electrons. The number of nitrogens with one attached hydrogen (secondary N) is 2. The number of urea groups is 1.